The molecule has 126 valence electrons. The first-order valence-corrected chi connectivity index (χ1v) is 7.04. The van der Waals surface area contributed by atoms with Gasteiger partial charge in [-0.1, -0.05) is 18.2 Å². The Morgan fingerprint density at radius 2 is 2.09 bits per heavy atom. The van der Waals surface area contributed by atoms with Crippen molar-refractivity contribution in [2.24, 2.45) is 4.99 Å². The third kappa shape index (κ3) is 7.37. The van der Waals surface area contributed by atoms with E-state index in [1.807, 2.05) is 13.8 Å². The third-order valence-corrected chi connectivity index (χ3v) is 2.83. The summed E-state index contributed by atoms with van der Waals surface area (Å²) in [6.07, 6.45) is -0.973. The molecular weight excluding hydrogens is 400 g/mol. The molecule has 2 atom stereocenters. The molecular formula is C15H25FIN3O2. The highest BCUT2D eigenvalue weighted by Crippen LogP contribution is 2.16. The molecule has 0 aliphatic carbocycles. The van der Waals surface area contributed by atoms with Crippen LogP contribution in [-0.2, 0) is 4.74 Å². The van der Waals surface area contributed by atoms with E-state index in [-0.39, 0.29) is 42.1 Å². The van der Waals surface area contributed by atoms with Crippen LogP contribution in [0.25, 0.3) is 0 Å². The Morgan fingerprint density at radius 1 is 1.41 bits per heavy atom. The van der Waals surface area contributed by atoms with Crippen LogP contribution in [0.3, 0.4) is 0 Å². The van der Waals surface area contributed by atoms with Crippen LogP contribution >= 0.6 is 24.0 Å². The van der Waals surface area contributed by atoms with Crippen molar-refractivity contribution in [2.75, 3.05) is 26.8 Å². The zero-order valence-electron chi connectivity index (χ0n) is 13.2. The minimum absolute atomic E-state index is 0. The van der Waals surface area contributed by atoms with Gasteiger partial charge in [-0.2, -0.15) is 0 Å². The van der Waals surface area contributed by atoms with Crippen molar-refractivity contribution in [3.8, 4) is 0 Å². The molecule has 0 fully saturated rings. The number of rotatable bonds is 7. The zero-order valence-corrected chi connectivity index (χ0v) is 15.5. The van der Waals surface area contributed by atoms with Gasteiger partial charge in [0.05, 0.1) is 13.2 Å². The van der Waals surface area contributed by atoms with Crippen LogP contribution in [0, 0.1) is 5.82 Å². The molecule has 1 rings (SSSR count). The van der Waals surface area contributed by atoms with Crippen LogP contribution in [0.5, 0.6) is 0 Å². The highest BCUT2D eigenvalue weighted by atomic mass is 127. The van der Waals surface area contributed by atoms with E-state index in [9.17, 15) is 9.50 Å². The molecule has 2 unspecified atom stereocenters. The highest BCUT2D eigenvalue weighted by Gasteiger charge is 2.12. The molecule has 1 aromatic rings. The van der Waals surface area contributed by atoms with Crippen molar-refractivity contribution < 1.29 is 14.2 Å². The van der Waals surface area contributed by atoms with E-state index < -0.39 is 11.9 Å². The molecule has 5 nitrogen and oxygen atoms in total. The minimum atomic E-state index is -0.973. The fourth-order valence-corrected chi connectivity index (χ4v) is 1.87. The molecule has 0 heterocycles. The van der Waals surface area contributed by atoms with Gasteiger partial charge >= 0.3 is 0 Å². The van der Waals surface area contributed by atoms with Crippen LogP contribution in [0.15, 0.2) is 29.3 Å². The lowest BCUT2D eigenvalue weighted by molar-refractivity contribution is 0.177. The molecule has 0 bridgehead atoms. The zero-order chi connectivity index (χ0) is 15.7. The maximum Gasteiger partial charge on any atom is 0.191 e. The van der Waals surface area contributed by atoms with Crippen LogP contribution in [0.2, 0.25) is 0 Å². The predicted octanol–water partition coefficient (Wildman–Crippen LogP) is 2.07. The maximum atomic E-state index is 13.6. The summed E-state index contributed by atoms with van der Waals surface area (Å²) in [5, 5.41) is 16.2. The normalized spacial score (nSPS) is 14.0. The second-order valence-corrected chi connectivity index (χ2v) is 4.76. The van der Waals surface area contributed by atoms with Crippen LogP contribution < -0.4 is 10.6 Å². The summed E-state index contributed by atoms with van der Waals surface area (Å²) >= 11 is 0. The van der Waals surface area contributed by atoms with E-state index in [1.165, 1.54) is 6.07 Å². The Kier molecular flexibility index (Phi) is 11.1. The molecule has 1 aromatic carbocycles. The first-order valence-electron chi connectivity index (χ1n) is 7.04. The molecule has 7 heteroatoms. The number of nitrogens with one attached hydrogen (secondary N) is 2. The summed E-state index contributed by atoms with van der Waals surface area (Å²) in [6, 6.07) is 6.25. The van der Waals surface area contributed by atoms with Crippen molar-refractivity contribution in [3.63, 3.8) is 0 Å². The summed E-state index contributed by atoms with van der Waals surface area (Å²) in [5.41, 5.74) is 0.252. The second kappa shape index (κ2) is 11.6. The summed E-state index contributed by atoms with van der Waals surface area (Å²) < 4.78 is 18.6. The van der Waals surface area contributed by atoms with Crippen molar-refractivity contribution in [1.82, 2.24) is 10.6 Å². The summed E-state index contributed by atoms with van der Waals surface area (Å²) in [4.78, 5) is 4.28. The van der Waals surface area contributed by atoms with E-state index in [0.29, 0.717) is 19.1 Å². The summed E-state index contributed by atoms with van der Waals surface area (Å²) in [7, 11) is 1.63. The maximum absolute atomic E-state index is 13.6. The van der Waals surface area contributed by atoms with E-state index in [2.05, 4.69) is 15.6 Å². The Morgan fingerprint density at radius 3 is 2.68 bits per heavy atom. The molecule has 0 aliphatic rings. The average molecular weight is 425 g/mol. The van der Waals surface area contributed by atoms with E-state index in [1.54, 1.807) is 25.3 Å². The van der Waals surface area contributed by atoms with Gasteiger partial charge in [-0.15, -0.1) is 24.0 Å². The molecule has 0 aromatic heterocycles. The third-order valence-electron chi connectivity index (χ3n) is 2.83. The number of guanidine groups is 1. The molecule has 22 heavy (non-hydrogen) atoms. The Labute approximate surface area is 148 Å². The number of benzene rings is 1. The number of aliphatic imine (C=N–C) groups is 1. The van der Waals surface area contributed by atoms with Gasteiger partial charge in [-0.05, 0) is 19.9 Å². The predicted molar refractivity (Wildman–Crippen MR) is 97.2 cm³/mol. The van der Waals surface area contributed by atoms with Crippen molar-refractivity contribution in [3.05, 3.63) is 35.6 Å². The van der Waals surface area contributed by atoms with Gasteiger partial charge in [0.1, 0.15) is 11.9 Å². The quantitative estimate of drug-likeness (QED) is 0.356. The van der Waals surface area contributed by atoms with Crippen LogP contribution in [0.1, 0.15) is 25.5 Å². The molecule has 0 spiro atoms. The number of methoxy groups -OCH3 is 1. The molecule has 0 amide bonds. The summed E-state index contributed by atoms with van der Waals surface area (Å²) in [5.74, 6) is 0.142. The second-order valence-electron chi connectivity index (χ2n) is 4.76. The molecule has 0 aliphatic heterocycles. The number of nitrogens with zero attached hydrogens (tertiary/aromatic N) is 1. The van der Waals surface area contributed by atoms with E-state index in [0.717, 1.165) is 0 Å². The Bertz CT molecular complexity index is 460. The van der Waals surface area contributed by atoms with Gasteiger partial charge in [0.25, 0.3) is 0 Å². The van der Waals surface area contributed by atoms with Crippen LogP contribution in [-0.4, -0.2) is 43.9 Å². The largest absolute Gasteiger partial charge is 0.386 e. The smallest absolute Gasteiger partial charge is 0.191 e. The Hall–Kier alpha value is -0.930. The van der Waals surface area contributed by atoms with Gasteiger partial charge in [0.2, 0.25) is 0 Å². The lowest BCUT2D eigenvalue weighted by Gasteiger charge is -2.18. The van der Waals surface area contributed by atoms with E-state index in [4.69, 9.17) is 4.74 Å². The first kappa shape index (κ1) is 21.1. The SMILES string of the molecule is CCNC(=NCC(O)c1ccccc1F)NC(C)COC.I. The lowest BCUT2D eigenvalue weighted by atomic mass is 10.1. The van der Waals surface area contributed by atoms with Gasteiger partial charge in [-0.25, -0.2) is 4.39 Å². The highest BCUT2D eigenvalue weighted by molar-refractivity contribution is 14.0. The number of ether oxygens (including phenoxy) is 1. The van der Waals surface area contributed by atoms with Gasteiger partial charge in [-0.3, -0.25) is 4.99 Å². The van der Waals surface area contributed by atoms with Gasteiger partial charge in [0, 0.05) is 25.3 Å². The number of hydrogen-bond acceptors (Lipinski definition) is 3. The molecule has 0 saturated carbocycles. The van der Waals surface area contributed by atoms with Gasteiger partial charge < -0.3 is 20.5 Å². The Balaban J connectivity index is 0.00000441. The monoisotopic (exact) mass is 425 g/mol. The number of hydrogen-bond donors (Lipinski definition) is 3. The summed E-state index contributed by atoms with van der Waals surface area (Å²) in [6.45, 7) is 5.23. The van der Waals surface area contributed by atoms with E-state index >= 15 is 0 Å². The number of aliphatic hydroxyl groups excluding tert-OH is 1. The standard InChI is InChI=1S/C15H24FN3O2.HI/c1-4-17-15(19-11(2)10-21-3)18-9-14(20)12-7-5-6-8-13(12)16;/h5-8,11,14,20H,4,9-10H2,1-3H3,(H2,17,18,19);1H. The fourth-order valence-electron chi connectivity index (χ4n) is 1.87. The molecule has 0 radical (unpaired) electrons. The number of aliphatic hydroxyl groups is 1. The van der Waals surface area contributed by atoms with Crippen LogP contribution in [0.4, 0.5) is 4.39 Å². The van der Waals surface area contributed by atoms with Crippen molar-refractivity contribution in [2.45, 2.75) is 26.0 Å². The van der Waals surface area contributed by atoms with Crippen molar-refractivity contribution in [1.29, 1.82) is 0 Å². The fraction of sp³-hybridized carbons (Fsp3) is 0.533. The molecule has 0 saturated heterocycles. The van der Waals surface area contributed by atoms with Crippen molar-refractivity contribution >= 4 is 29.9 Å². The minimum Gasteiger partial charge on any atom is -0.386 e. The first-order chi connectivity index (χ1) is 10.1. The molecule has 3 N–H and O–H groups in total. The topological polar surface area (TPSA) is 65.9 Å². The van der Waals surface area contributed by atoms with Gasteiger partial charge in [0.15, 0.2) is 5.96 Å². The lowest BCUT2D eigenvalue weighted by Crippen LogP contribution is -2.44. The number of halogens is 2. The average Bonchev–Trinajstić information content (AvgIpc) is 2.45.